The highest BCUT2D eigenvalue weighted by molar-refractivity contribution is 7.14. The summed E-state index contributed by atoms with van der Waals surface area (Å²) in [4.78, 5) is 37.2. The smallest absolute Gasteiger partial charge is 0.338 e. The van der Waals surface area contributed by atoms with Crippen molar-refractivity contribution in [2.24, 2.45) is 0 Å². The van der Waals surface area contributed by atoms with Crippen LogP contribution in [0.1, 0.15) is 22.8 Å². The predicted molar refractivity (Wildman–Crippen MR) is 144 cm³/mol. The molecule has 2 heterocycles. The number of carbonyl (C=O) groups excluding carboxylic acids is 2. The molecule has 2 aromatic heterocycles. The van der Waals surface area contributed by atoms with Gasteiger partial charge in [-0.05, 0) is 56.3 Å². The lowest BCUT2D eigenvalue weighted by Crippen LogP contribution is -2.20. The lowest BCUT2D eigenvalue weighted by Gasteiger charge is -2.05. The first-order valence-electron chi connectivity index (χ1n) is 11.7. The van der Waals surface area contributed by atoms with E-state index in [4.69, 9.17) is 9.47 Å². The molecule has 0 atom stereocenters. The summed E-state index contributed by atoms with van der Waals surface area (Å²) in [5.74, 6) is 0.436. The second-order valence-corrected chi connectivity index (χ2v) is 9.16. The molecule has 5 rings (SSSR count). The number of benzene rings is 3. The molecule has 0 aliphatic rings. The minimum atomic E-state index is -0.599. The number of hydrogen-bond acceptors (Lipinski definition) is 7. The fourth-order valence-corrected chi connectivity index (χ4v) is 4.44. The third kappa shape index (κ3) is 5.68. The van der Waals surface area contributed by atoms with Crippen LogP contribution in [0.5, 0.6) is 5.75 Å². The van der Waals surface area contributed by atoms with Gasteiger partial charge in [-0.15, -0.1) is 11.3 Å². The lowest BCUT2D eigenvalue weighted by molar-refractivity contribution is -0.119. The number of ether oxygens (including phenoxy) is 2. The molecule has 0 radical (unpaired) electrons. The minimum absolute atomic E-state index is 0.325. The first kappa shape index (κ1) is 24.2. The van der Waals surface area contributed by atoms with E-state index in [0.717, 1.165) is 33.7 Å². The number of nitrogens with zero attached hydrogens (tertiary/aromatic N) is 2. The molecule has 8 nitrogen and oxygen atoms in total. The molecule has 0 aliphatic carbocycles. The van der Waals surface area contributed by atoms with Crippen LogP contribution in [-0.4, -0.2) is 40.0 Å². The zero-order chi connectivity index (χ0) is 25.8. The van der Waals surface area contributed by atoms with Gasteiger partial charge in [0, 0.05) is 16.5 Å². The number of aromatic nitrogens is 3. The fourth-order valence-electron chi connectivity index (χ4n) is 3.71. The molecule has 3 aromatic carbocycles. The normalized spacial score (nSPS) is 10.9. The number of imidazole rings is 1. The molecule has 186 valence electrons. The SMILES string of the molecule is CCOc1ccc(-c2csc(NC(=O)COC(=O)c3ccc4nc(-c5ccc(C)cc5)[nH]c4c3)n2)cc1. The molecule has 5 aromatic rings. The third-order valence-electron chi connectivity index (χ3n) is 5.59. The standard InChI is InChI=1S/C28H24N4O4S/c1-3-35-21-11-8-18(9-12-21)24-16-37-28(31-24)32-25(33)15-36-27(34)20-10-13-22-23(14-20)30-26(29-22)19-6-4-17(2)5-7-19/h4-14,16H,3,15H2,1-2H3,(H,29,30)(H,31,32,33). The number of aryl methyl sites for hydroxylation is 1. The Kier molecular flexibility index (Phi) is 6.96. The van der Waals surface area contributed by atoms with Crippen molar-refractivity contribution in [3.8, 4) is 28.4 Å². The summed E-state index contributed by atoms with van der Waals surface area (Å²) in [7, 11) is 0. The molecule has 0 saturated carbocycles. The van der Waals surface area contributed by atoms with Crippen molar-refractivity contribution in [2.75, 3.05) is 18.5 Å². The first-order chi connectivity index (χ1) is 18.0. The Bertz CT molecular complexity index is 1560. The topological polar surface area (TPSA) is 106 Å². The van der Waals surface area contributed by atoms with E-state index < -0.39 is 18.5 Å². The Labute approximate surface area is 217 Å². The van der Waals surface area contributed by atoms with Crippen molar-refractivity contribution in [3.05, 3.63) is 83.2 Å². The van der Waals surface area contributed by atoms with Crippen molar-refractivity contribution in [3.63, 3.8) is 0 Å². The number of anilines is 1. The van der Waals surface area contributed by atoms with Gasteiger partial charge in [-0.3, -0.25) is 10.1 Å². The van der Waals surface area contributed by atoms with Crippen LogP contribution in [-0.2, 0) is 9.53 Å². The molecular weight excluding hydrogens is 488 g/mol. The van der Waals surface area contributed by atoms with E-state index >= 15 is 0 Å². The highest BCUT2D eigenvalue weighted by atomic mass is 32.1. The maximum atomic E-state index is 12.6. The van der Waals surface area contributed by atoms with E-state index in [-0.39, 0.29) is 0 Å². The largest absolute Gasteiger partial charge is 0.494 e. The zero-order valence-electron chi connectivity index (χ0n) is 20.3. The summed E-state index contributed by atoms with van der Waals surface area (Å²) in [6.45, 7) is 4.13. The highest BCUT2D eigenvalue weighted by Gasteiger charge is 2.14. The van der Waals surface area contributed by atoms with Crippen LogP contribution in [0.15, 0.2) is 72.1 Å². The van der Waals surface area contributed by atoms with Crippen molar-refractivity contribution in [1.29, 1.82) is 0 Å². The summed E-state index contributed by atoms with van der Waals surface area (Å²) in [5.41, 5.74) is 5.53. The summed E-state index contributed by atoms with van der Waals surface area (Å²) in [6, 6.07) is 20.6. The Morgan fingerprint density at radius 2 is 1.73 bits per heavy atom. The van der Waals surface area contributed by atoms with Crippen molar-refractivity contribution in [2.45, 2.75) is 13.8 Å². The number of hydrogen-bond donors (Lipinski definition) is 2. The number of fused-ring (bicyclic) bond motifs is 1. The average Bonchev–Trinajstić information content (AvgIpc) is 3.55. The van der Waals surface area contributed by atoms with Gasteiger partial charge in [0.2, 0.25) is 0 Å². The van der Waals surface area contributed by atoms with Gasteiger partial charge in [0.25, 0.3) is 5.91 Å². The third-order valence-corrected chi connectivity index (χ3v) is 6.35. The maximum absolute atomic E-state index is 12.6. The molecule has 0 unspecified atom stereocenters. The van der Waals surface area contributed by atoms with E-state index in [0.29, 0.717) is 28.6 Å². The number of thiazole rings is 1. The number of rotatable bonds is 8. The Hall–Kier alpha value is -4.50. The second kappa shape index (κ2) is 10.6. The summed E-state index contributed by atoms with van der Waals surface area (Å²) < 4.78 is 10.7. The monoisotopic (exact) mass is 512 g/mol. The molecule has 9 heteroatoms. The van der Waals surface area contributed by atoms with Crippen LogP contribution in [0.3, 0.4) is 0 Å². The quantitative estimate of drug-likeness (QED) is 0.252. The highest BCUT2D eigenvalue weighted by Crippen LogP contribution is 2.27. The Morgan fingerprint density at radius 3 is 2.49 bits per heavy atom. The molecule has 1 amide bonds. The summed E-state index contributed by atoms with van der Waals surface area (Å²) in [6.07, 6.45) is 0. The van der Waals surface area contributed by atoms with E-state index in [2.05, 4.69) is 20.3 Å². The minimum Gasteiger partial charge on any atom is -0.494 e. The molecule has 0 fully saturated rings. The first-order valence-corrected chi connectivity index (χ1v) is 12.6. The number of aromatic amines is 1. The van der Waals surface area contributed by atoms with Crippen LogP contribution >= 0.6 is 11.3 Å². The number of carbonyl (C=O) groups is 2. The van der Waals surface area contributed by atoms with Crippen LogP contribution in [0.2, 0.25) is 0 Å². The number of nitrogens with one attached hydrogen (secondary N) is 2. The number of esters is 1. The molecule has 37 heavy (non-hydrogen) atoms. The molecular formula is C28H24N4O4S. The molecule has 0 aliphatic heterocycles. The molecule has 0 spiro atoms. The van der Waals surface area contributed by atoms with Crippen molar-refractivity contribution in [1.82, 2.24) is 15.0 Å². The average molecular weight is 513 g/mol. The van der Waals surface area contributed by atoms with Crippen LogP contribution in [0.25, 0.3) is 33.7 Å². The van der Waals surface area contributed by atoms with E-state index in [9.17, 15) is 9.59 Å². The van der Waals surface area contributed by atoms with Gasteiger partial charge in [0.05, 0.1) is 28.9 Å². The Morgan fingerprint density at radius 1 is 0.973 bits per heavy atom. The van der Waals surface area contributed by atoms with Crippen molar-refractivity contribution >= 4 is 39.4 Å². The van der Waals surface area contributed by atoms with Crippen molar-refractivity contribution < 1.29 is 19.1 Å². The fraction of sp³-hybridized carbons (Fsp3) is 0.143. The predicted octanol–water partition coefficient (Wildman–Crippen LogP) is 5.86. The Balaban J connectivity index is 1.18. The zero-order valence-corrected chi connectivity index (χ0v) is 21.1. The second-order valence-electron chi connectivity index (χ2n) is 8.30. The molecule has 0 saturated heterocycles. The van der Waals surface area contributed by atoms with Gasteiger partial charge in [0.15, 0.2) is 11.7 Å². The number of amides is 1. The number of H-pyrrole nitrogens is 1. The van der Waals surface area contributed by atoms with E-state index in [1.165, 1.54) is 11.3 Å². The summed E-state index contributed by atoms with van der Waals surface area (Å²) >= 11 is 1.29. The molecule has 0 bridgehead atoms. The maximum Gasteiger partial charge on any atom is 0.338 e. The van der Waals surface area contributed by atoms with Crippen LogP contribution in [0.4, 0.5) is 5.13 Å². The van der Waals surface area contributed by atoms with Gasteiger partial charge >= 0.3 is 5.97 Å². The van der Waals surface area contributed by atoms with Crippen LogP contribution < -0.4 is 10.1 Å². The van der Waals surface area contributed by atoms with Gasteiger partial charge in [-0.1, -0.05) is 29.8 Å². The summed E-state index contributed by atoms with van der Waals surface area (Å²) in [5, 5.41) is 4.95. The van der Waals surface area contributed by atoms with E-state index in [1.54, 1.807) is 18.2 Å². The van der Waals surface area contributed by atoms with Gasteiger partial charge in [0.1, 0.15) is 11.6 Å². The van der Waals surface area contributed by atoms with Crippen LogP contribution in [0, 0.1) is 6.92 Å². The molecule has 2 N–H and O–H groups in total. The van der Waals surface area contributed by atoms with Gasteiger partial charge < -0.3 is 14.5 Å². The lowest BCUT2D eigenvalue weighted by atomic mass is 10.1. The van der Waals surface area contributed by atoms with Gasteiger partial charge in [-0.2, -0.15) is 0 Å². The van der Waals surface area contributed by atoms with Gasteiger partial charge in [-0.25, -0.2) is 14.8 Å². The van der Waals surface area contributed by atoms with E-state index in [1.807, 2.05) is 67.8 Å².